The zero-order valence-electron chi connectivity index (χ0n) is 19.2. The van der Waals surface area contributed by atoms with Crippen molar-refractivity contribution < 1.29 is 31.7 Å². The van der Waals surface area contributed by atoms with Crippen LogP contribution in [0.2, 0.25) is 0 Å². The van der Waals surface area contributed by atoms with E-state index in [2.05, 4.69) is 39.4 Å². The Labute approximate surface area is 203 Å². The summed E-state index contributed by atoms with van der Waals surface area (Å²) in [7, 11) is -3.92. The first kappa shape index (κ1) is 30.6. The van der Waals surface area contributed by atoms with Crippen LogP contribution in [0.4, 0.5) is 0 Å². The highest BCUT2D eigenvalue weighted by molar-refractivity contribution is 14.1. The van der Waals surface area contributed by atoms with E-state index >= 15 is 0 Å². The molecule has 1 heterocycles. The molecule has 1 saturated heterocycles. The van der Waals surface area contributed by atoms with Crippen LogP contribution in [0.15, 0.2) is 0 Å². The molecule has 1 rings (SSSR count). The molecule has 0 aromatic rings. The second-order valence-electron chi connectivity index (χ2n) is 8.10. The van der Waals surface area contributed by atoms with E-state index < -0.39 is 10.1 Å². The lowest BCUT2D eigenvalue weighted by atomic mass is 10.1. The average Bonchev–Trinajstić information content (AvgIpc) is 2.70. The number of rotatable bonds is 14. The summed E-state index contributed by atoms with van der Waals surface area (Å²) in [5.41, 5.74) is 0. The van der Waals surface area contributed by atoms with Crippen LogP contribution >= 0.6 is 22.6 Å². The molecule has 0 aromatic carbocycles. The summed E-state index contributed by atoms with van der Waals surface area (Å²) in [6.45, 7) is 7.05. The SMILES string of the molecule is CCCCCCCCCCCCOC(=O)C[N+]1(CC#CI)CCOCC1.CS(=O)(=O)[O-]. The molecule has 0 unspecified atom stereocenters. The van der Waals surface area contributed by atoms with Gasteiger partial charge in [-0.25, -0.2) is 13.2 Å². The van der Waals surface area contributed by atoms with Gasteiger partial charge in [-0.05, 0) is 16.3 Å². The highest BCUT2D eigenvalue weighted by Crippen LogP contribution is 2.13. The molecule has 0 aromatic heterocycles. The molecule has 0 amide bonds. The second kappa shape index (κ2) is 19.1. The molecule has 1 fully saturated rings. The van der Waals surface area contributed by atoms with Gasteiger partial charge in [-0.2, -0.15) is 0 Å². The molecular weight excluding hydrogens is 533 g/mol. The fourth-order valence-corrected chi connectivity index (χ4v) is 3.57. The van der Waals surface area contributed by atoms with Gasteiger partial charge in [0.15, 0.2) is 6.54 Å². The number of hydrogen-bond acceptors (Lipinski definition) is 6. The number of ether oxygens (including phenoxy) is 2. The first-order valence-corrected chi connectivity index (χ1v) is 14.2. The highest BCUT2D eigenvalue weighted by Gasteiger charge is 2.32. The Kier molecular flexibility index (Phi) is 18.8. The Morgan fingerprint density at radius 1 is 1.03 bits per heavy atom. The predicted molar refractivity (Wildman–Crippen MR) is 131 cm³/mol. The van der Waals surface area contributed by atoms with Gasteiger partial charge in [0.2, 0.25) is 0 Å². The van der Waals surface area contributed by atoms with E-state index in [9.17, 15) is 4.79 Å². The maximum atomic E-state index is 12.2. The molecule has 31 heavy (non-hydrogen) atoms. The molecule has 9 heteroatoms. The number of morpholine rings is 1. The third-order valence-corrected chi connectivity index (χ3v) is 5.51. The molecule has 0 bridgehead atoms. The van der Waals surface area contributed by atoms with E-state index in [-0.39, 0.29) is 5.97 Å². The van der Waals surface area contributed by atoms with E-state index in [4.69, 9.17) is 22.4 Å². The third-order valence-electron chi connectivity index (χ3n) is 5.13. The number of carbonyl (C=O) groups is 1. The Morgan fingerprint density at radius 2 is 1.52 bits per heavy atom. The second-order valence-corrected chi connectivity index (χ2v) is 10.0. The first-order valence-electron chi connectivity index (χ1n) is 11.3. The smallest absolute Gasteiger partial charge is 0.361 e. The number of carbonyl (C=O) groups excluding carboxylic acids is 1. The van der Waals surface area contributed by atoms with E-state index in [0.717, 1.165) is 25.9 Å². The molecule has 0 spiro atoms. The average molecular weight is 574 g/mol. The highest BCUT2D eigenvalue weighted by atomic mass is 127. The number of nitrogens with zero attached hydrogens (tertiary/aromatic N) is 1. The van der Waals surface area contributed by atoms with Crippen LogP contribution in [-0.2, 0) is 24.4 Å². The summed E-state index contributed by atoms with van der Waals surface area (Å²) in [4.78, 5) is 12.2. The van der Waals surface area contributed by atoms with Crippen molar-refractivity contribution in [1.29, 1.82) is 0 Å². The molecule has 0 aliphatic carbocycles. The van der Waals surface area contributed by atoms with Gasteiger partial charge in [0.05, 0.1) is 29.9 Å². The van der Waals surface area contributed by atoms with Crippen molar-refractivity contribution in [2.45, 2.75) is 71.1 Å². The number of esters is 1. The molecule has 182 valence electrons. The lowest BCUT2D eigenvalue weighted by Crippen LogP contribution is -2.57. The van der Waals surface area contributed by atoms with E-state index in [1.165, 1.54) is 51.4 Å². The molecule has 0 N–H and O–H groups in total. The van der Waals surface area contributed by atoms with Gasteiger partial charge in [0.1, 0.15) is 19.6 Å². The number of quaternary nitrogens is 1. The minimum Gasteiger partial charge on any atom is -0.748 e. The van der Waals surface area contributed by atoms with Gasteiger partial charge in [-0.1, -0.05) is 64.7 Å². The van der Waals surface area contributed by atoms with Crippen LogP contribution in [0, 0.1) is 9.85 Å². The fraction of sp³-hybridized carbons (Fsp3) is 0.864. The summed E-state index contributed by atoms with van der Waals surface area (Å²) in [5, 5.41) is 0. The summed E-state index contributed by atoms with van der Waals surface area (Å²) in [6, 6.07) is 0. The molecule has 0 saturated carbocycles. The molecule has 0 atom stereocenters. The molecule has 0 radical (unpaired) electrons. The van der Waals surface area contributed by atoms with E-state index in [1.807, 2.05) is 0 Å². The van der Waals surface area contributed by atoms with Crippen LogP contribution in [-0.4, -0.2) is 75.7 Å². The first-order chi connectivity index (χ1) is 14.7. The standard InChI is InChI=1S/C21H37INO3.CH4O3S/c1-2-3-4-5-6-7-8-9-10-11-17-26-21(24)20-23(14-12-13-22)15-18-25-19-16-23;1-5(2,3)4/h2-11,14-20H2,1H3;1H3,(H,2,3,4)/q+1;/p-1. The normalized spacial score (nSPS) is 15.2. The largest absolute Gasteiger partial charge is 0.748 e. The van der Waals surface area contributed by atoms with Gasteiger partial charge in [-0.15, -0.1) is 0 Å². The lowest BCUT2D eigenvalue weighted by Gasteiger charge is -2.38. The van der Waals surface area contributed by atoms with Crippen molar-refractivity contribution in [3.05, 3.63) is 0 Å². The number of unbranched alkanes of at least 4 members (excludes halogenated alkanes) is 9. The monoisotopic (exact) mass is 573 g/mol. The quantitative estimate of drug-likeness (QED) is 0.0783. The van der Waals surface area contributed by atoms with Crippen LogP contribution in [0.1, 0.15) is 71.1 Å². The maximum absolute atomic E-state index is 12.2. The van der Waals surface area contributed by atoms with Crippen LogP contribution in [0.5, 0.6) is 0 Å². The van der Waals surface area contributed by atoms with Crippen molar-refractivity contribution >= 4 is 38.7 Å². The summed E-state index contributed by atoms with van der Waals surface area (Å²) >= 11 is 2.05. The molecule has 1 aliphatic rings. The van der Waals surface area contributed by atoms with Gasteiger partial charge < -0.3 is 18.5 Å². The molecule has 7 nitrogen and oxygen atoms in total. The van der Waals surface area contributed by atoms with E-state index in [0.29, 0.717) is 43.6 Å². The number of halogens is 1. The van der Waals surface area contributed by atoms with Gasteiger partial charge in [-0.3, -0.25) is 0 Å². The topological polar surface area (TPSA) is 92.7 Å². The van der Waals surface area contributed by atoms with Crippen molar-refractivity contribution in [2.75, 3.05) is 52.3 Å². The number of hydrogen-bond donors (Lipinski definition) is 0. The van der Waals surface area contributed by atoms with Crippen molar-refractivity contribution in [3.63, 3.8) is 0 Å². The predicted octanol–water partition coefficient (Wildman–Crippen LogP) is 3.85. The van der Waals surface area contributed by atoms with E-state index in [1.54, 1.807) is 0 Å². The molecular formula is C22H40INO6S. The van der Waals surface area contributed by atoms with Crippen LogP contribution < -0.4 is 0 Å². The Morgan fingerprint density at radius 3 is 2.00 bits per heavy atom. The van der Waals surface area contributed by atoms with Crippen molar-refractivity contribution in [1.82, 2.24) is 0 Å². The zero-order valence-corrected chi connectivity index (χ0v) is 22.2. The lowest BCUT2D eigenvalue weighted by molar-refractivity contribution is -0.921. The Balaban J connectivity index is 0.00000161. The van der Waals surface area contributed by atoms with Crippen molar-refractivity contribution in [3.8, 4) is 9.85 Å². The van der Waals surface area contributed by atoms with Crippen LogP contribution in [0.3, 0.4) is 0 Å². The maximum Gasteiger partial charge on any atom is 0.361 e. The van der Waals surface area contributed by atoms with Crippen molar-refractivity contribution in [2.24, 2.45) is 0 Å². The van der Waals surface area contributed by atoms with Gasteiger partial charge in [0.25, 0.3) is 0 Å². The minimum atomic E-state index is -3.92. The van der Waals surface area contributed by atoms with Gasteiger partial charge >= 0.3 is 5.97 Å². The summed E-state index contributed by atoms with van der Waals surface area (Å²) < 4.78 is 41.7. The minimum absolute atomic E-state index is 0.0851. The molecule has 1 aliphatic heterocycles. The van der Waals surface area contributed by atoms with Gasteiger partial charge in [0, 0.05) is 28.8 Å². The van der Waals surface area contributed by atoms with Crippen LogP contribution in [0.25, 0.3) is 0 Å². The summed E-state index contributed by atoms with van der Waals surface area (Å²) in [6.07, 6.45) is 13.5. The fourth-order valence-electron chi connectivity index (χ4n) is 3.39. The zero-order chi connectivity index (χ0) is 23.4. The Bertz CT molecular complexity index is 616. The Hall–Kier alpha value is -0.410. The third kappa shape index (κ3) is 21.2. The summed E-state index contributed by atoms with van der Waals surface area (Å²) in [5.74, 6) is 3.04.